The number of amides is 1. The first-order chi connectivity index (χ1) is 10.1. The third-order valence-corrected chi connectivity index (χ3v) is 5.90. The molecule has 2 nitrogen and oxygen atoms in total. The van der Waals surface area contributed by atoms with Gasteiger partial charge in [-0.1, -0.05) is 30.3 Å². The van der Waals surface area contributed by atoms with E-state index in [1.54, 1.807) is 28.0 Å². The van der Waals surface area contributed by atoms with Crippen LogP contribution >= 0.6 is 39.0 Å². The largest absolute Gasteiger partial charge is 0.340 e. The maximum absolute atomic E-state index is 12.4. The fraction of sp³-hybridized carbons (Fsp3) is 0.312. The van der Waals surface area contributed by atoms with Gasteiger partial charge in [-0.25, -0.2) is 0 Å². The molecule has 112 valence electrons. The molecule has 1 unspecified atom stereocenters. The summed E-state index contributed by atoms with van der Waals surface area (Å²) in [5.74, 6) is 1.05. The first-order valence-electron chi connectivity index (χ1n) is 6.71. The summed E-state index contributed by atoms with van der Waals surface area (Å²) in [5, 5.41) is -0.0291. The Morgan fingerprint density at radius 3 is 2.62 bits per heavy atom. The number of carbonyl (C=O) groups is 1. The summed E-state index contributed by atoms with van der Waals surface area (Å²) in [6.07, 6.45) is 0. The molecule has 1 aromatic heterocycles. The molecule has 0 fully saturated rings. The Balaban J connectivity index is 1.83. The molecule has 1 heterocycles. The monoisotopic (exact) mass is 383 g/mol. The van der Waals surface area contributed by atoms with Gasteiger partial charge >= 0.3 is 0 Å². The summed E-state index contributed by atoms with van der Waals surface area (Å²) in [7, 11) is 1.87. The number of carbonyl (C=O) groups excluding carboxylic acids is 1. The van der Waals surface area contributed by atoms with Crippen LogP contribution in [0.3, 0.4) is 0 Å². The van der Waals surface area contributed by atoms with Gasteiger partial charge in [0.1, 0.15) is 0 Å². The standard InChI is InChI=1S/C16H18BrNOS2/c1-12(20-11-13-6-4-3-5-7-13)16(19)18(2)10-14-8-9-15(17)21-14/h3-9,12H,10-11H2,1-2H3. The molecule has 0 radical (unpaired) electrons. The van der Waals surface area contributed by atoms with E-state index in [4.69, 9.17) is 0 Å². The Morgan fingerprint density at radius 1 is 1.29 bits per heavy atom. The molecule has 5 heteroatoms. The molecule has 21 heavy (non-hydrogen) atoms. The van der Waals surface area contributed by atoms with Crippen molar-refractivity contribution in [2.75, 3.05) is 7.05 Å². The number of rotatable bonds is 6. The van der Waals surface area contributed by atoms with E-state index in [1.807, 2.05) is 38.2 Å². The van der Waals surface area contributed by atoms with Crippen LogP contribution in [0.4, 0.5) is 0 Å². The van der Waals surface area contributed by atoms with Gasteiger partial charge in [-0.3, -0.25) is 4.79 Å². The van der Waals surface area contributed by atoms with Crippen LogP contribution in [-0.4, -0.2) is 23.1 Å². The quantitative estimate of drug-likeness (QED) is 0.714. The van der Waals surface area contributed by atoms with E-state index in [9.17, 15) is 4.79 Å². The Kier molecular flexibility index (Phi) is 6.33. The van der Waals surface area contributed by atoms with E-state index in [2.05, 4.69) is 34.1 Å². The Bertz CT molecular complexity index is 585. The van der Waals surface area contributed by atoms with E-state index in [0.29, 0.717) is 6.54 Å². The zero-order valence-electron chi connectivity index (χ0n) is 12.1. The number of thiophene rings is 1. The Hall–Kier alpha value is -0.780. The van der Waals surface area contributed by atoms with Crippen molar-refractivity contribution in [1.82, 2.24) is 4.90 Å². The minimum absolute atomic E-state index is 0.0291. The number of benzene rings is 1. The van der Waals surface area contributed by atoms with Gasteiger partial charge in [0.05, 0.1) is 15.6 Å². The SMILES string of the molecule is CC(SCc1ccccc1)C(=O)N(C)Cc1ccc(Br)s1. The van der Waals surface area contributed by atoms with Crippen LogP contribution < -0.4 is 0 Å². The van der Waals surface area contributed by atoms with E-state index < -0.39 is 0 Å². The summed E-state index contributed by atoms with van der Waals surface area (Å²) in [6, 6.07) is 14.3. The second kappa shape index (κ2) is 8.01. The molecule has 0 aliphatic rings. The van der Waals surface area contributed by atoms with Crippen molar-refractivity contribution in [2.24, 2.45) is 0 Å². The average molecular weight is 384 g/mol. The highest BCUT2D eigenvalue weighted by molar-refractivity contribution is 9.11. The van der Waals surface area contributed by atoms with Crippen molar-refractivity contribution < 1.29 is 4.79 Å². The highest BCUT2D eigenvalue weighted by Crippen LogP contribution is 2.24. The van der Waals surface area contributed by atoms with E-state index in [-0.39, 0.29) is 11.2 Å². The smallest absolute Gasteiger partial charge is 0.235 e. The normalized spacial score (nSPS) is 12.1. The topological polar surface area (TPSA) is 20.3 Å². The van der Waals surface area contributed by atoms with Crippen LogP contribution in [0, 0.1) is 0 Å². The number of nitrogens with zero attached hydrogens (tertiary/aromatic N) is 1. The van der Waals surface area contributed by atoms with Crippen molar-refractivity contribution in [1.29, 1.82) is 0 Å². The van der Waals surface area contributed by atoms with Gasteiger partial charge in [-0.05, 0) is 40.5 Å². The van der Waals surface area contributed by atoms with Crippen LogP contribution in [0.1, 0.15) is 17.4 Å². The third-order valence-electron chi connectivity index (χ3n) is 3.09. The van der Waals surface area contributed by atoms with Gasteiger partial charge in [0.25, 0.3) is 0 Å². The molecular formula is C16H18BrNOS2. The van der Waals surface area contributed by atoms with Crippen LogP contribution in [-0.2, 0) is 17.1 Å². The summed E-state index contributed by atoms with van der Waals surface area (Å²) >= 11 is 6.81. The first kappa shape index (κ1) is 16.6. The van der Waals surface area contributed by atoms with Gasteiger partial charge < -0.3 is 4.90 Å². The number of hydrogen-bond donors (Lipinski definition) is 0. The highest BCUT2D eigenvalue weighted by atomic mass is 79.9. The fourth-order valence-corrected chi connectivity index (χ4v) is 4.42. The van der Waals surface area contributed by atoms with Crippen LogP contribution in [0.2, 0.25) is 0 Å². The summed E-state index contributed by atoms with van der Waals surface area (Å²) < 4.78 is 1.10. The van der Waals surface area contributed by atoms with Crippen molar-refractivity contribution in [2.45, 2.75) is 24.5 Å². The molecule has 0 spiro atoms. The first-order valence-corrected chi connectivity index (χ1v) is 9.37. The number of hydrogen-bond acceptors (Lipinski definition) is 3. The molecule has 0 saturated heterocycles. The van der Waals surface area contributed by atoms with E-state index in [0.717, 1.165) is 9.54 Å². The van der Waals surface area contributed by atoms with Gasteiger partial charge in [0.15, 0.2) is 0 Å². The van der Waals surface area contributed by atoms with Gasteiger partial charge in [0.2, 0.25) is 5.91 Å². The zero-order valence-corrected chi connectivity index (χ0v) is 15.3. The van der Waals surface area contributed by atoms with Gasteiger partial charge in [0, 0.05) is 17.7 Å². The lowest BCUT2D eigenvalue weighted by molar-refractivity contribution is -0.129. The third kappa shape index (κ3) is 5.16. The van der Waals surface area contributed by atoms with Crippen LogP contribution in [0.5, 0.6) is 0 Å². The molecule has 1 aromatic carbocycles. The predicted molar refractivity (Wildman–Crippen MR) is 95.7 cm³/mol. The Morgan fingerprint density at radius 2 is 2.00 bits per heavy atom. The molecule has 1 atom stereocenters. The van der Waals surface area contributed by atoms with Crippen molar-refractivity contribution in [3.05, 3.63) is 56.7 Å². The van der Waals surface area contributed by atoms with E-state index >= 15 is 0 Å². The lowest BCUT2D eigenvalue weighted by Crippen LogP contribution is -2.32. The second-order valence-corrected chi connectivity index (χ2v) is 8.72. The molecule has 2 rings (SSSR count). The maximum atomic E-state index is 12.4. The van der Waals surface area contributed by atoms with Crippen molar-refractivity contribution >= 4 is 44.9 Å². The van der Waals surface area contributed by atoms with Gasteiger partial charge in [-0.15, -0.1) is 23.1 Å². The second-order valence-electron chi connectivity index (χ2n) is 4.84. The highest BCUT2D eigenvalue weighted by Gasteiger charge is 2.18. The molecule has 0 bridgehead atoms. The minimum Gasteiger partial charge on any atom is -0.340 e. The summed E-state index contributed by atoms with van der Waals surface area (Å²) in [5.41, 5.74) is 1.26. The average Bonchev–Trinajstić information content (AvgIpc) is 2.90. The number of thioether (sulfide) groups is 1. The summed E-state index contributed by atoms with van der Waals surface area (Å²) in [6.45, 7) is 2.65. The molecule has 0 aliphatic heterocycles. The molecule has 0 N–H and O–H groups in total. The van der Waals surface area contributed by atoms with E-state index in [1.165, 1.54) is 10.4 Å². The molecule has 0 saturated carbocycles. The van der Waals surface area contributed by atoms with Crippen LogP contribution in [0.25, 0.3) is 0 Å². The number of halogens is 1. The van der Waals surface area contributed by atoms with Gasteiger partial charge in [-0.2, -0.15) is 0 Å². The van der Waals surface area contributed by atoms with Crippen molar-refractivity contribution in [3.63, 3.8) is 0 Å². The minimum atomic E-state index is -0.0291. The lowest BCUT2D eigenvalue weighted by atomic mass is 10.2. The molecular weight excluding hydrogens is 366 g/mol. The maximum Gasteiger partial charge on any atom is 0.235 e. The fourth-order valence-electron chi connectivity index (χ4n) is 1.93. The molecule has 2 aromatic rings. The van der Waals surface area contributed by atoms with Crippen molar-refractivity contribution in [3.8, 4) is 0 Å². The predicted octanol–water partition coefficient (Wildman–Crippen LogP) is 4.79. The summed E-state index contributed by atoms with van der Waals surface area (Å²) in [4.78, 5) is 15.4. The lowest BCUT2D eigenvalue weighted by Gasteiger charge is -2.20. The Labute approximate surface area is 142 Å². The molecule has 1 amide bonds. The van der Waals surface area contributed by atoms with Crippen LogP contribution in [0.15, 0.2) is 46.3 Å². The zero-order chi connectivity index (χ0) is 15.2. The molecule has 0 aliphatic carbocycles.